The standard InChI is InChI=1S/C10H15N3/c1-13(2)7-10-3-8-4-11-5-9(8)6-12-10/h3,6,11H,4-5,7H2,1-2H3. The molecule has 1 aliphatic rings. The Morgan fingerprint density at radius 2 is 2.15 bits per heavy atom. The highest BCUT2D eigenvalue weighted by Gasteiger charge is 2.10. The van der Waals surface area contributed by atoms with Gasteiger partial charge in [-0.3, -0.25) is 4.98 Å². The van der Waals surface area contributed by atoms with E-state index < -0.39 is 0 Å². The van der Waals surface area contributed by atoms with Gasteiger partial charge in [0.1, 0.15) is 0 Å². The van der Waals surface area contributed by atoms with Crippen LogP contribution in [0, 0.1) is 0 Å². The minimum Gasteiger partial charge on any atom is -0.309 e. The third-order valence-electron chi connectivity index (χ3n) is 2.25. The van der Waals surface area contributed by atoms with E-state index >= 15 is 0 Å². The molecule has 0 amide bonds. The summed E-state index contributed by atoms with van der Waals surface area (Å²) in [7, 11) is 4.13. The summed E-state index contributed by atoms with van der Waals surface area (Å²) in [5.74, 6) is 0. The molecule has 2 heterocycles. The second-order valence-corrected chi connectivity index (χ2v) is 3.79. The second kappa shape index (κ2) is 3.44. The topological polar surface area (TPSA) is 28.2 Å². The average Bonchev–Trinajstić information content (AvgIpc) is 2.49. The van der Waals surface area contributed by atoms with Gasteiger partial charge in [0.2, 0.25) is 0 Å². The summed E-state index contributed by atoms with van der Waals surface area (Å²) in [6.07, 6.45) is 1.99. The Hall–Kier alpha value is -0.930. The highest BCUT2D eigenvalue weighted by molar-refractivity contribution is 5.29. The van der Waals surface area contributed by atoms with Crippen LogP contribution in [0.4, 0.5) is 0 Å². The number of nitrogens with one attached hydrogen (secondary N) is 1. The summed E-state index contributed by atoms with van der Waals surface area (Å²) in [5, 5.41) is 3.31. The molecule has 0 aliphatic carbocycles. The van der Waals surface area contributed by atoms with Crippen LogP contribution in [-0.4, -0.2) is 24.0 Å². The molecular formula is C10H15N3. The summed E-state index contributed by atoms with van der Waals surface area (Å²) in [5.41, 5.74) is 3.92. The van der Waals surface area contributed by atoms with Crippen molar-refractivity contribution in [3.05, 3.63) is 29.1 Å². The van der Waals surface area contributed by atoms with Crippen molar-refractivity contribution in [2.45, 2.75) is 19.6 Å². The maximum atomic E-state index is 4.41. The summed E-state index contributed by atoms with van der Waals surface area (Å²) in [4.78, 5) is 6.54. The molecule has 0 fully saturated rings. The maximum Gasteiger partial charge on any atom is 0.0547 e. The lowest BCUT2D eigenvalue weighted by Gasteiger charge is -2.09. The van der Waals surface area contributed by atoms with Gasteiger partial charge in [-0.25, -0.2) is 0 Å². The third-order valence-corrected chi connectivity index (χ3v) is 2.25. The Labute approximate surface area is 78.8 Å². The van der Waals surface area contributed by atoms with Crippen molar-refractivity contribution >= 4 is 0 Å². The van der Waals surface area contributed by atoms with Crippen molar-refractivity contribution in [1.82, 2.24) is 15.2 Å². The van der Waals surface area contributed by atoms with Gasteiger partial charge >= 0.3 is 0 Å². The van der Waals surface area contributed by atoms with Crippen LogP contribution in [0.5, 0.6) is 0 Å². The molecule has 2 rings (SSSR count). The first-order chi connectivity index (χ1) is 6.25. The molecule has 0 saturated heterocycles. The number of nitrogens with zero attached hydrogens (tertiary/aromatic N) is 2. The van der Waals surface area contributed by atoms with Crippen molar-refractivity contribution < 1.29 is 0 Å². The molecule has 0 spiro atoms. The number of rotatable bonds is 2. The van der Waals surface area contributed by atoms with E-state index in [1.807, 2.05) is 6.20 Å². The van der Waals surface area contributed by atoms with E-state index in [9.17, 15) is 0 Å². The monoisotopic (exact) mass is 177 g/mol. The van der Waals surface area contributed by atoms with Gasteiger partial charge in [0, 0.05) is 25.8 Å². The predicted molar refractivity (Wildman–Crippen MR) is 52.2 cm³/mol. The van der Waals surface area contributed by atoms with Crippen LogP contribution >= 0.6 is 0 Å². The lowest BCUT2D eigenvalue weighted by Crippen LogP contribution is -2.12. The zero-order valence-electron chi connectivity index (χ0n) is 8.17. The van der Waals surface area contributed by atoms with E-state index in [1.54, 1.807) is 0 Å². The van der Waals surface area contributed by atoms with Gasteiger partial charge in [0.15, 0.2) is 0 Å². The Morgan fingerprint density at radius 3 is 2.92 bits per heavy atom. The lowest BCUT2D eigenvalue weighted by molar-refractivity contribution is 0.396. The Balaban J connectivity index is 2.21. The van der Waals surface area contributed by atoms with E-state index in [-0.39, 0.29) is 0 Å². The minimum atomic E-state index is 0.924. The second-order valence-electron chi connectivity index (χ2n) is 3.79. The molecule has 1 N–H and O–H groups in total. The van der Waals surface area contributed by atoms with Crippen LogP contribution < -0.4 is 5.32 Å². The highest BCUT2D eigenvalue weighted by Crippen LogP contribution is 2.15. The first-order valence-corrected chi connectivity index (χ1v) is 4.58. The highest BCUT2D eigenvalue weighted by atomic mass is 15.1. The van der Waals surface area contributed by atoms with Crippen molar-refractivity contribution in [3.63, 3.8) is 0 Å². The largest absolute Gasteiger partial charge is 0.309 e. The van der Waals surface area contributed by atoms with Gasteiger partial charge in [0.25, 0.3) is 0 Å². The zero-order chi connectivity index (χ0) is 9.26. The quantitative estimate of drug-likeness (QED) is 0.722. The molecule has 70 valence electrons. The van der Waals surface area contributed by atoms with Gasteiger partial charge in [-0.05, 0) is 31.3 Å². The fourth-order valence-electron chi connectivity index (χ4n) is 1.64. The minimum absolute atomic E-state index is 0.924. The van der Waals surface area contributed by atoms with E-state index in [0.29, 0.717) is 0 Å². The number of pyridine rings is 1. The molecule has 1 aromatic rings. The Bertz CT molecular complexity index is 307. The average molecular weight is 177 g/mol. The van der Waals surface area contributed by atoms with E-state index in [1.165, 1.54) is 11.1 Å². The van der Waals surface area contributed by atoms with Gasteiger partial charge in [-0.2, -0.15) is 0 Å². The van der Waals surface area contributed by atoms with Crippen molar-refractivity contribution in [3.8, 4) is 0 Å². The van der Waals surface area contributed by atoms with Crippen LogP contribution in [0.1, 0.15) is 16.8 Å². The SMILES string of the molecule is CN(C)Cc1cc2c(cn1)CNC2. The predicted octanol–water partition coefficient (Wildman–Crippen LogP) is 0.746. The third kappa shape index (κ3) is 1.87. The molecule has 0 saturated carbocycles. The number of aromatic nitrogens is 1. The summed E-state index contributed by atoms with van der Waals surface area (Å²) in [6, 6.07) is 2.20. The van der Waals surface area contributed by atoms with Crippen molar-refractivity contribution in [2.24, 2.45) is 0 Å². The lowest BCUT2D eigenvalue weighted by atomic mass is 10.1. The molecule has 0 unspecified atom stereocenters. The van der Waals surface area contributed by atoms with Crippen LogP contribution in [-0.2, 0) is 19.6 Å². The first-order valence-electron chi connectivity index (χ1n) is 4.58. The normalized spacial score (nSPS) is 15.0. The summed E-state index contributed by atoms with van der Waals surface area (Å²) < 4.78 is 0. The molecular weight excluding hydrogens is 162 g/mol. The van der Waals surface area contributed by atoms with Crippen molar-refractivity contribution in [1.29, 1.82) is 0 Å². The number of hydrogen-bond acceptors (Lipinski definition) is 3. The van der Waals surface area contributed by atoms with Gasteiger partial charge in [0.05, 0.1) is 5.69 Å². The van der Waals surface area contributed by atoms with Crippen molar-refractivity contribution in [2.75, 3.05) is 14.1 Å². The van der Waals surface area contributed by atoms with Crippen LogP contribution in [0.25, 0.3) is 0 Å². The number of hydrogen-bond donors (Lipinski definition) is 1. The van der Waals surface area contributed by atoms with Gasteiger partial charge in [-0.15, -0.1) is 0 Å². The van der Waals surface area contributed by atoms with Crippen LogP contribution in [0.3, 0.4) is 0 Å². The molecule has 13 heavy (non-hydrogen) atoms. The van der Waals surface area contributed by atoms with E-state index in [4.69, 9.17) is 0 Å². The Kier molecular flexibility index (Phi) is 2.29. The molecule has 3 heteroatoms. The Morgan fingerprint density at radius 1 is 1.38 bits per heavy atom. The maximum absolute atomic E-state index is 4.41. The molecule has 0 radical (unpaired) electrons. The fraction of sp³-hybridized carbons (Fsp3) is 0.500. The van der Waals surface area contributed by atoms with E-state index in [2.05, 4.69) is 35.4 Å². The van der Waals surface area contributed by atoms with Gasteiger partial charge < -0.3 is 10.2 Å². The smallest absolute Gasteiger partial charge is 0.0547 e. The van der Waals surface area contributed by atoms with Gasteiger partial charge in [-0.1, -0.05) is 0 Å². The summed E-state index contributed by atoms with van der Waals surface area (Å²) >= 11 is 0. The molecule has 0 bridgehead atoms. The first kappa shape index (κ1) is 8.66. The number of fused-ring (bicyclic) bond motifs is 1. The zero-order valence-corrected chi connectivity index (χ0v) is 8.17. The molecule has 1 aromatic heterocycles. The summed E-state index contributed by atoms with van der Waals surface area (Å²) in [6.45, 7) is 2.90. The van der Waals surface area contributed by atoms with Crippen LogP contribution in [0.2, 0.25) is 0 Å². The molecule has 3 nitrogen and oxygen atoms in total. The fourth-order valence-corrected chi connectivity index (χ4v) is 1.64. The van der Waals surface area contributed by atoms with E-state index in [0.717, 1.165) is 25.3 Å². The molecule has 1 aliphatic heterocycles. The van der Waals surface area contributed by atoms with Crippen LogP contribution in [0.15, 0.2) is 12.3 Å². The molecule has 0 aromatic carbocycles. The molecule has 0 atom stereocenters.